The van der Waals surface area contributed by atoms with E-state index in [0.717, 1.165) is 17.3 Å². The summed E-state index contributed by atoms with van der Waals surface area (Å²) in [5.74, 6) is -0.349. The molecule has 0 atom stereocenters. The smallest absolute Gasteiger partial charge is 0.211 e. The number of hydrogen-bond acceptors (Lipinski definition) is 2. The average molecular weight is 313 g/mol. The second-order valence-electron chi connectivity index (χ2n) is 4.84. The Morgan fingerprint density at radius 2 is 1.70 bits per heavy atom. The van der Waals surface area contributed by atoms with Crippen LogP contribution in [0.5, 0.6) is 0 Å². The van der Waals surface area contributed by atoms with Crippen LogP contribution < -0.4 is 0 Å². The van der Waals surface area contributed by atoms with Crippen molar-refractivity contribution in [3.8, 4) is 28.5 Å². The molecule has 2 aromatic carbocycles. The van der Waals surface area contributed by atoms with Crippen LogP contribution >= 0.6 is 0 Å². The van der Waals surface area contributed by atoms with Gasteiger partial charge in [-0.15, -0.1) is 0 Å². The first kappa shape index (κ1) is 14.9. The van der Waals surface area contributed by atoms with Crippen LogP contribution in [0.2, 0.25) is 0 Å². The molecule has 0 saturated heterocycles. The normalized spacial score (nSPS) is 10.7. The van der Waals surface area contributed by atoms with Crippen molar-refractivity contribution in [3.63, 3.8) is 0 Å². The minimum Gasteiger partial charge on any atom is -0.211 e. The van der Waals surface area contributed by atoms with Gasteiger partial charge >= 0.3 is 6.55 Å². The van der Waals surface area contributed by atoms with Gasteiger partial charge < -0.3 is 0 Å². The maximum absolute atomic E-state index is 13.0. The van der Waals surface area contributed by atoms with Crippen LogP contribution in [-0.2, 0) is 0 Å². The number of rotatable bonds is 3. The second kappa shape index (κ2) is 5.97. The quantitative estimate of drug-likeness (QED) is 0.708. The second-order valence-corrected chi connectivity index (χ2v) is 4.84. The molecule has 23 heavy (non-hydrogen) atoms. The number of nitrogens with zero attached hydrogens (tertiary/aromatic N) is 3. The van der Waals surface area contributed by atoms with Crippen molar-refractivity contribution in [2.75, 3.05) is 0 Å². The van der Waals surface area contributed by atoms with Gasteiger partial charge in [-0.05, 0) is 41.5 Å². The zero-order valence-electron chi connectivity index (χ0n) is 11.7. The molecule has 0 amide bonds. The van der Waals surface area contributed by atoms with Gasteiger partial charge in [-0.25, -0.2) is 9.07 Å². The number of hydrogen-bond donors (Lipinski definition) is 0. The van der Waals surface area contributed by atoms with Crippen molar-refractivity contribution in [1.29, 1.82) is 5.26 Å². The molecular weight excluding hydrogens is 303 g/mol. The van der Waals surface area contributed by atoms with Crippen LogP contribution in [0, 0.1) is 17.1 Å². The van der Waals surface area contributed by atoms with Gasteiger partial charge in [0.2, 0.25) is 0 Å². The van der Waals surface area contributed by atoms with Gasteiger partial charge in [-0.2, -0.15) is 19.1 Å². The number of halogens is 3. The summed E-state index contributed by atoms with van der Waals surface area (Å²) in [5.41, 5.74) is 2.56. The minimum atomic E-state index is -2.74. The van der Waals surface area contributed by atoms with Crippen LogP contribution in [0.4, 0.5) is 13.2 Å². The van der Waals surface area contributed by atoms with Gasteiger partial charge in [0.1, 0.15) is 5.82 Å². The predicted molar refractivity (Wildman–Crippen MR) is 79.0 cm³/mol. The molecule has 3 rings (SSSR count). The van der Waals surface area contributed by atoms with Crippen molar-refractivity contribution in [1.82, 2.24) is 9.78 Å². The molecule has 0 fully saturated rings. The third kappa shape index (κ3) is 2.94. The molecular formula is C17H10F3N3. The fourth-order valence-electron chi connectivity index (χ4n) is 2.27. The Morgan fingerprint density at radius 1 is 1.00 bits per heavy atom. The first-order valence-electron chi connectivity index (χ1n) is 6.72. The van der Waals surface area contributed by atoms with Crippen LogP contribution in [0.1, 0.15) is 12.1 Å². The lowest BCUT2D eigenvalue weighted by Gasteiger charge is -2.06. The van der Waals surface area contributed by atoms with Crippen molar-refractivity contribution in [2.45, 2.75) is 6.55 Å². The third-order valence-corrected chi connectivity index (χ3v) is 3.40. The lowest BCUT2D eigenvalue weighted by molar-refractivity contribution is 0.0568. The van der Waals surface area contributed by atoms with Crippen molar-refractivity contribution >= 4 is 0 Å². The lowest BCUT2D eigenvalue weighted by atomic mass is 9.98. The van der Waals surface area contributed by atoms with Gasteiger partial charge in [-0.3, -0.25) is 0 Å². The molecule has 0 N–H and O–H groups in total. The van der Waals surface area contributed by atoms with Crippen LogP contribution in [0.3, 0.4) is 0 Å². The zero-order valence-corrected chi connectivity index (χ0v) is 11.7. The van der Waals surface area contributed by atoms with E-state index in [-0.39, 0.29) is 11.5 Å². The van der Waals surface area contributed by atoms with E-state index in [0.29, 0.717) is 15.8 Å². The Balaban J connectivity index is 2.09. The molecule has 0 aliphatic heterocycles. The standard InChI is InChI=1S/C17H10F3N3/c18-14-5-3-11(4-6-14)12-1-2-13(10-21)15(9-12)16-7-8-23(22-16)17(19)20/h1-9,17H. The number of nitriles is 1. The Hall–Kier alpha value is -3.07. The molecule has 0 unspecified atom stereocenters. The van der Waals surface area contributed by atoms with Crippen LogP contribution in [0.25, 0.3) is 22.4 Å². The van der Waals surface area contributed by atoms with E-state index in [4.69, 9.17) is 0 Å². The number of alkyl halides is 2. The minimum absolute atomic E-state index is 0.283. The molecule has 0 bridgehead atoms. The van der Waals surface area contributed by atoms with Crippen LogP contribution in [0.15, 0.2) is 54.7 Å². The SMILES string of the molecule is N#Cc1ccc(-c2ccc(F)cc2)cc1-c1ccn(C(F)F)n1. The number of benzene rings is 2. The predicted octanol–water partition coefficient (Wildman–Crippen LogP) is 4.62. The summed E-state index contributed by atoms with van der Waals surface area (Å²) in [6, 6.07) is 14.3. The van der Waals surface area contributed by atoms with E-state index in [1.54, 1.807) is 30.3 Å². The van der Waals surface area contributed by atoms with Gasteiger partial charge in [0.25, 0.3) is 0 Å². The molecule has 0 aliphatic carbocycles. The molecule has 0 spiro atoms. The molecule has 0 radical (unpaired) electrons. The molecule has 3 nitrogen and oxygen atoms in total. The van der Waals surface area contributed by atoms with Gasteiger partial charge in [-0.1, -0.05) is 18.2 Å². The van der Waals surface area contributed by atoms with Crippen LogP contribution in [-0.4, -0.2) is 9.78 Å². The summed E-state index contributed by atoms with van der Waals surface area (Å²) in [7, 11) is 0. The van der Waals surface area contributed by atoms with E-state index in [1.807, 2.05) is 6.07 Å². The van der Waals surface area contributed by atoms with Crippen molar-refractivity contribution in [3.05, 3.63) is 66.1 Å². The summed E-state index contributed by atoms with van der Waals surface area (Å²) < 4.78 is 38.9. The highest BCUT2D eigenvalue weighted by Crippen LogP contribution is 2.29. The Kier molecular flexibility index (Phi) is 3.85. The summed E-state index contributed by atoms with van der Waals surface area (Å²) in [6.45, 7) is -2.74. The van der Waals surface area contributed by atoms with E-state index in [9.17, 15) is 18.4 Å². The molecule has 6 heteroatoms. The van der Waals surface area contributed by atoms with Gasteiger partial charge in [0, 0.05) is 11.8 Å². The average Bonchev–Trinajstić information content (AvgIpc) is 3.05. The van der Waals surface area contributed by atoms with E-state index >= 15 is 0 Å². The Bertz CT molecular complexity index is 877. The van der Waals surface area contributed by atoms with Gasteiger partial charge in [0.15, 0.2) is 0 Å². The van der Waals surface area contributed by atoms with E-state index in [1.165, 1.54) is 18.2 Å². The first-order valence-corrected chi connectivity index (χ1v) is 6.72. The lowest BCUT2D eigenvalue weighted by Crippen LogP contribution is -1.98. The Morgan fingerprint density at radius 3 is 2.30 bits per heavy atom. The summed E-state index contributed by atoms with van der Waals surface area (Å²) >= 11 is 0. The monoisotopic (exact) mass is 313 g/mol. The van der Waals surface area contributed by atoms with Crippen molar-refractivity contribution < 1.29 is 13.2 Å². The summed E-state index contributed by atoms with van der Waals surface area (Å²) in [6.07, 6.45) is 1.16. The largest absolute Gasteiger partial charge is 0.333 e. The maximum atomic E-state index is 13.0. The molecule has 0 saturated carbocycles. The maximum Gasteiger partial charge on any atom is 0.333 e. The van der Waals surface area contributed by atoms with E-state index < -0.39 is 6.55 Å². The molecule has 0 aliphatic rings. The van der Waals surface area contributed by atoms with E-state index in [2.05, 4.69) is 5.10 Å². The fraction of sp³-hybridized carbons (Fsp3) is 0.0588. The topological polar surface area (TPSA) is 41.6 Å². The third-order valence-electron chi connectivity index (χ3n) is 3.40. The first-order chi connectivity index (χ1) is 11.1. The van der Waals surface area contributed by atoms with Crippen molar-refractivity contribution in [2.24, 2.45) is 0 Å². The molecule has 114 valence electrons. The zero-order chi connectivity index (χ0) is 16.4. The number of aromatic nitrogens is 2. The summed E-state index contributed by atoms with van der Waals surface area (Å²) in [5, 5.41) is 13.0. The summed E-state index contributed by atoms with van der Waals surface area (Å²) in [4.78, 5) is 0. The Labute approximate surface area is 130 Å². The molecule has 3 aromatic rings. The molecule has 1 aromatic heterocycles. The highest BCUT2D eigenvalue weighted by molar-refractivity contribution is 5.75. The highest BCUT2D eigenvalue weighted by atomic mass is 19.3. The fourth-order valence-corrected chi connectivity index (χ4v) is 2.27. The highest BCUT2D eigenvalue weighted by Gasteiger charge is 2.13. The molecule has 1 heterocycles. The van der Waals surface area contributed by atoms with Gasteiger partial charge in [0.05, 0.1) is 17.3 Å².